The van der Waals surface area contributed by atoms with Crippen molar-refractivity contribution < 1.29 is 39.6 Å². The lowest BCUT2D eigenvalue weighted by Gasteiger charge is -2.49. The van der Waals surface area contributed by atoms with Crippen LogP contribution in [0.15, 0.2) is 57.5 Å². The maximum atomic E-state index is 12.9. The molecular weight excluding hydrogens is 568 g/mol. The van der Waals surface area contributed by atoms with E-state index in [4.69, 9.17) is 5.11 Å². The number of nitrogens with zero attached hydrogens (tertiary/aromatic N) is 5. The largest absolute Gasteiger partial charge is 0.508 e. The van der Waals surface area contributed by atoms with Crippen LogP contribution in [0.5, 0.6) is 5.75 Å². The molecule has 2 aliphatic heterocycles. The van der Waals surface area contributed by atoms with Crippen LogP contribution < -0.4 is 11.0 Å². The minimum Gasteiger partial charge on any atom is -0.508 e. The third-order valence-corrected chi connectivity index (χ3v) is 8.45. The number of phenolic OH excluding ortho intramolecular Hbond substituents is 1. The molecule has 4 heterocycles. The van der Waals surface area contributed by atoms with Crippen molar-refractivity contribution >= 4 is 52.9 Å². The van der Waals surface area contributed by atoms with Crippen LogP contribution >= 0.6 is 23.5 Å². The number of β-lactam (4-membered cyclic amide) rings is 1. The monoisotopic (exact) mass is 588 g/mol. The van der Waals surface area contributed by atoms with Crippen molar-refractivity contribution in [2.24, 2.45) is 0 Å². The van der Waals surface area contributed by atoms with E-state index < -0.39 is 53.5 Å². The fraction of sp³-hybridized carbons (Fsp3) is 0.261. The third-order valence-electron chi connectivity index (χ3n) is 6.10. The molecule has 40 heavy (non-hydrogen) atoms. The normalized spacial score (nSPS) is 19.2. The lowest BCUT2D eigenvalue weighted by atomic mass is 10.0. The summed E-state index contributed by atoms with van der Waals surface area (Å²) in [5.41, 5.74) is -0.165. The number of carbonyl (C=O) groups excluding carboxylic acids is 2. The number of hydrogen-bond donors (Lipinski definition) is 5. The lowest BCUT2D eigenvalue weighted by molar-refractivity contribution is -0.151. The minimum absolute atomic E-state index is 0.0428. The molecule has 3 atom stereocenters. The van der Waals surface area contributed by atoms with Crippen LogP contribution in [-0.4, -0.2) is 91.4 Å². The fourth-order valence-electron chi connectivity index (χ4n) is 4.20. The van der Waals surface area contributed by atoms with Crippen molar-refractivity contribution in [2.45, 2.75) is 29.1 Å². The van der Waals surface area contributed by atoms with Crippen LogP contribution in [0.1, 0.15) is 11.7 Å². The van der Waals surface area contributed by atoms with Gasteiger partial charge in [0.2, 0.25) is 0 Å². The number of benzene rings is 1. The molecule has 2 aliphatic rings. The number of thioether (sulfide) groups is 2. The number of carboxylic acids is 2. The second-order valence-corrected chi connectivity index (χ2v) is 10.8. The van der Waals surface area contributed by atoms with Crippen molar-refractivity contribution in [3.63, 3.8) is 0 Å². The molecule has 1 aromatic carbocycles. The smallest absolute Gasteiger partial charge is 0.367 e. The highest BCUT2D eigenvalue weighted by Crippen LogP contribution is 2.41. The van der Waals surface area contributed by atoms with E-state index in [1.807, 2.05) is 0 Å². The molecule has 15 nitrogen and oxygen atoms in total. The highest BCUT2D eigenvalue weighted by Gasteiger charge is 2.54. The Labute approximate surface area is 232 Å². The number of rotatable bonds is 9. The minimum atomic E-state index is -1.59. The van der Waals surface area contributed by atoms with Crippen LogP contribution in [0.4, 0.5) is 0 Å². The Morgan fingerprint density at radius 3 is 2.50 bits per heavy atom. The summed E-state index contributed by atoms with van der Waals surface area (Å²) in [6, 6.07) is 7.34. The first-order valence-electron chi connectivity index (χ1n) is 11.5. The number of aromatic hydroxyl groups is 1. The van der Waals surface area contributed by atoms with Gasteiger partial charge in [0.1, 0.15) is 34.4 Å². The molecule has 1 saturated heterocycles. The van der Waals surface area contributed by atoms with Crippen LogP contribution in [0.3, 0.4) is 0 Å². The number of hydrogen-bond acceptors (Lipinski definition) is 11. The SMILES string of the molecule is O=C(O)Cn1nc2ccc(SCC3=C(C(=O)O)N4C(=O)C(NC(=O)C(O)c5ccc(O)cc5)[C@@H]4SC3)nn2c1=O. The molecule has 0 saturated carbocycles. The number of aliphatic hydroxyl groups excluding tert-OH is 1. The molecule has 0 spiro atoms. The Morgan fingerprint density at radius 2 is 1.82 bits per heavy atom. The Hall–Kier alpha value is -4.35. The zero-order chi connectivity index (χ0) is 28.7. The van der Waals surface area contributed by atoms with Gasteiger partial charge in [0.15, 0.2) is 11.8 Å². The number of nitrogens with one attached hydrogen (secondary N) is 1. The molecule has 2 amide bonds. The van der Waals surface area contributed by atoms with E-state index in [9.17, 15) is 39.3 Å². The van der Waals surface area contributed by atoms with E-state index in [2.05, 4.69) is 15.5 Å². The Balaban J connectivity index is 1.29. The lowest BCUT2D eigenvalue weighted by Crippen LogP contribution is -2.70. The van der Waals surface area contributed by atoms with Crippen LogP contribution in [-0.2, 0) is 25.7 Å². The third kappa shape index (κ3) is 5.01. The Morgan fingerprint density at radius 1 is 1.10 bits per heavy atom. The molecule has 2 aromatic heterocycles. The van der Waals surface area contributed by atoms with Crippen molar-refractivity contribution in [1.82, 2.24) is 29.6 Å². The number of carboxylic acid groups (broad SMARTS) is 2. The van der Waals surface area contributed by atoms with Gasteiger partial charge in [0.25, 0.3) is 11.8 Å². The first-order valence-corrected chi connectivity index (χ1v) is 13.6. The van der Waals surface area contributed by atoms with E-state index >= 15 is 0 Å². The summed E-state index contributed by atoms with van der Waals surface area (Å²) in [5, 5.41) is 48.7. The van der Waals surface area contributed by atoms with Gasteiger partial charge in [-0.1, -0.05) is 12.1 Å². The number of phenols is 1. The zero-order valence-electron chi connectivity index (χ0n) is 20.2. The molecule has 1 fully saturated rings. The van der Waals surface area contributed by atoms with Gasteiger partial charge in [-0.05, 0) is 35.4 Å². The topological polar surface area (TPSA) is 217 Å². The molecule has 0 aliphatic carbocycles. The van der Waals surface area contributed by atoms with E-state index in [-0.39, 0.29) is 34.2 Å². The number of carbonyl (C=O) groups is 4. The maximum Gasteiger partial charge on any atom is 0.367 e. The highest BCUT2D eigenvalue weighted by molar-refractivity contribution is 8.01. The highest BCUT2D eigenvalue weighted by atomic mass is 32.2. The van der Waals surface area contributed by atoms with Gasteiger partial charge in [-0.15, -0.1) is 28.6 Å². The van der Waals surface area contributed by atoms with E-state index in [1.54, 1.807) is 6.07 Å². The fourth-order valence-corrected chi connectivity index (χ4v) is 6.54. The molecule has 5 rings (SSSR count). The van der Waals surface area contributed by atoms with E-state index in [0.29, 0.717) is 10.6 Å². The van der Waals surface area contributed by atoms with Gasteiger partial charge >= 0.3 is 17.6 Å². The van der Waals surface area contributed by atoms with Gasteiger partial charge in [-0.3, -0.25) is 19.3 Å². The molecule has 0 radical (unpaired) electrons. The van der Waals surface area contributed by atoms with Gasteiger partial charge in [-0.25, -0.2) is 9.59 Å². The molecule has 5 N–H and O–H groups in total. The summed E-state index contributed by atoms with van der Waals surface area (Å²) in [4.78, 5) is 62.0. The molecular formula is C23H20N6O9S2. The summed E-state index contributed by atoms with van der Waals surface area (Å²) < 4.78 is 1.71. The van der Waals surface area contributed by atoms with Gasteiger partial charge in [-0.2, -0.15) is 14.3 Å². The van der Waals surface area contributed by atoms with Crippen LogP contribution in [0.2, 0.25) is 0 Å². The number of fused-ring (bicyclic) bond motifs is 2. The van der Waals surface area contributed by atoms with Gasteiger partial charge in [0.05, 0.1) is 0 Å². The number of aliphatic carboxylic acids is 2. The van der Waals surface area contributed by atoms with Gasteiger partial charge < -0.3 is 25.7 Å². The summed E-state index contributed by atoms with van der Waals surface area (Å²) in [6.45, 7) is -0.626. The maximum absolute atomic E-state index is 12.9. The summed E-state index contributed by atoms with van der Waals surface area (Å²) >= 11 is 2.37. The summed E-state index contributed by atoms with van der Waals surface area (Å²) in [5.74, 6) is -3.73. The van der Waals surface area contributed by atoms with Crippen LogP contribution in [0.25, 0.3) is 5.65 Å². The zero-order valence-corrected chi connectivity index (χ0v) is 21.8. The Bertz CT molecular complexity index is 1630. The second-order valence-electron chi connectivity index (χ2n) is 8.71. The van der Waals surface area contributed by atoms with Crippen molar-refractivity contribution in [1.29, 1.82) is 0 Å². The molecule has 3 aromatic rings. The standard InChI is InChI=1S/C23H20N6O9S2/c30-12-3-1-10(2-4-12)18(33)19(34)24-16-20(35)28-17(22(36)37)11(9-40-21(16)28)8-39-14-6-5-13-25-27(7-15(31)32)23(38)29(13)26-14/h1-6,16,18,21,30,33H,7-9H2,(H,24,34)(H,31,32)(H,36,37)/t16?,18?,21-/m0/s1. The van der Waals surface area contributed by atoms with Crippen molar-refractivity contribution in [3.8, 4) is 5.75 Å². The Kier molecular flexibility index (Phi) is 7.26. The first kappa shape index (κ1) is 27.2. The van der Waals surface area contributed by atoms with Gasteiger partial charge in [0, 0.05) is 11.5 Å². The molecule has 2 unspecified atom stereocenters. The average molecular weight is 589 g/mol. The quantitative estimate of drug-likeness (QED) is 0.154. The van der Waals surface area contributed by atoms with Crippen molar-refractivity contribution in [3.05, 3.63) is 63.7 Å². The van der Waals surface area contributed by atoms with Crippen molar-refractivity contribution in [2.75, 3.05) is 11.5 Å². The second kappa shape index (κ2) is 10.7. The average Bonchev–Trinajstić information content (AvgIpc) is 3.23. The number of amides is 2. The predicted molar refractivity (Wildman–Crippen MR) is 138 cm³/mol. The van der Waals surface area contributed by atoms with Crippen LogP contribution in [0, 0.1) is 0 Å². The van der Waals surface area contributed by atoms with E-state index in [1.165, 1.54) is 42.1 Å². The summed E-state index contributed by atoms with van der Waals surface area (Å²) in [6.07, 6.45) is -1.59. The summed E-state index contributed by atoms with van der Waals surface area (Å²) in [7, 11) is 0. The molecule has 0 bridgehead atoms. The molecule has 208 valence electrons. The number of aromatic nitrogens is 4. The van der Waals surface area contributed by atoms with E-state index in [0.717, 1.165) is 25.9 Å². The predicted octanol–water partition coefficient (Wildman–Crippen LogP) is -0.754. The molecule has 17 heteroatoms. The first-order chi connectivity index (χ1) is 19.0. The number of aliphatic hydroxyl groups is 1.